The zero-order valence-electron chi connectivity index (χ0n) is 30.7. The Morgan fingerprint density at radius 2 is 0.536 bits per heavy atom. The van der Waals surface area contributed by atoms with Crippen LogP contribution in [0.5, 0.6) is 0 Å². The van der Waals surface area contributed by atoms with Crippen LogP contribution in [0.2, 0.25) is 0 Å². The molecule has 0 saturated heterocycles. The average Bonchev–Trinajstić information content (AvgIpc) is 3.79. The van der Waals surface area contributed by atoms with Crippen LogP contribution in [0, 0.1) is 0 Å². The van der Waals surface area contributed by atoms with E-state index in [1.54, 1.807) is 0 Å². The number of para-hydroxylation sites is 3. The molecule has 2 heterocycles. The largest absolute Gasteiger partial charge is 0.309 e. The Morgan fingerprint density at radius 3 is 1.05 bits per heavy atom. The number of nitrogens with zero attached hydrogens (tertiary/aromatic N) is 2. The summed E-state index contributed by atoms with van der Waals surface area (Å²) in [5.41, 5.74) is 16.9. The first-order valence-corrected chi connectivity index (χ1v) is 19.3. The van der Waals surface area contributed by atoms with Crippen LogP contribution in [-0.2, 0) is 0 Å². The SMILES string of the molecule is c1ccc(-c2cccc(-c3ccc(-c4ccc5c(c4)c4ccccc4n5-c4ccc(-c5ccc6c(c5)c5ccccc5n6-c5ccccc5)cc4)cc3)c2)cc1. The predicted molar refractivity (Wildman–Crippen MR) is 237 cm³/mol. The lowest BCUT2D eigenvalue weighted by atomic mass is 9.96. The zero-order chi connectivity index (χ0) is 37.0. The summed E-state index contributed by atoms with van der Waals surface area (Å²) in [4.78, 5) is 0. The van der Waals surface area contributed by atoms with Gasteiger partial charge in [-0.05, 0) is 111 Å². The average molecular weight is 713 g/mol. The Hall–Kier alpha value is -7.42. The molecule has 262 valence electrons. The fraction of sp³-hybridized carbons (Fsp3) is 0. The minimum atomic E-state index is 1.15. The second kappa shape index (κ2) is 13.2. The van der Waals surface area contributed by atoms with Gasteiger partial charge in [-0.1, -0.05) is 152 Å². The summed E-state index contributed by atoms with van der Waals surface area (Å²) < 4.78 is 4.77. The highest BCUT2D eigenvalue weighted by Crippen LogP contribution is 2.38. The Morgan fingerprint density at radius 1 is 0.196 bits per heavy atom. The molecule has 0 fully saturated rings. The van der Waals surface area contributed by atoms with Gasteiger partial charge in [0.05, 0.1) is 22.1 Å². The van der Waals surface area contributed by atoms with Gasteiger partial charge in [0.25, 0.3) is 0 Å². The quantitative estimate of drug-likeness (QED) is 0.162. The fourth-order valence-electron chi connectivity index (χ4n) is 8.61. The van der Waals surface area contributed by atoms with E-state index in [2.05, 4.69) is 228 Å². The van der Waals surface area contributed by atoms with E-state index < -0.39 is 0 Å². The fourth-order valence-corrected chi connectivity index (χ4v) is 8.61. The molecule has 0 aliphatic heterocycles. The lowest BCUT2D eigenvalue weighted by Crippen LogP contribution is -1.94. The standard InChI is InChI=1S/C54H36N2/c1-3-12-37(13-4-1)41-14-11-15-42(34-41)38-22-24-39(25-23-38)43-28-33-54-50(35-43)48-19-8-10-21-52(48)56(54)46-30-26-40(27-31-46)44-29-32-53-49(36-44)47-18-7-9-20-51(47)55(53)45-16-5-2-6-17-45/h1-36H. The van der Waals surface area contributed by atoms with Crippen LogP contribution in [0.25, 0.3) is 99.5 Å². The monoisotopic (exact) mass is 712 g/mol. The summed E-state index contributed by atoms with van der Waals surface area (Å²) in [6, 6.07) is 79.3. The van der Waals surface area contributed by atoms with Gasteiger partial charge < -0.3 is 9.13 Å². The molecule has 0 N–H and O–H groups in total. The molecule has 2 nitrogen and oxygen atoms in total. The van der Waals surface area contributed by atoms with E-state index in [1.807, 2.05) is 0 Å². The van der Waals surface area contributed by atoms with Crippen molar-refractivity contribution in [1.82, 2.24) is 9.13 Å². The van der Waals surface area contributed by atoms with Crippen molar-refractivity contribution in [3.63, 3.8) is 0 Å². The maximum absolute atomic E-state index is 2.40. The molecule has 0 aliphatic rings. The molecule has 0 saturated carbocycles. The smallest absolute Gasteiger partial charge is 0.0541 e. The van der Waals surface area contributed by atoms with E-state index in [1.165, 1.54) is 93.8 Å². The lowest BCUT2D eigenvalue weighted by molar-refractivity contribution is 1.18. The van der Waals surface area contributed by atoms with Crippen molar-refractivity contribution in [2.75, 3.05) is 0 Å². The van der Waals surface area contributed by atoms with Gasteiger partial charge in [-0.15, -0.1) is 0 Å². The summed E-state index contributed by atoms with van der Waals surface area (Å²) in [6.07, 6.45) is 0. The molecule has 11 rings (SSSR count). The van der Waals surface area contributed by atoms with Crippen LogP contribution < -0.4 is 0 Å². The van der Waals surface area contributed by atoms with Gasteiger partial charge >= 0.3 is 0 Å². The Bertz CT molecular complexity index is 3200. The van der Waals surface area contributed by atoms with Crippen LogP contribution in [0.1, 0.15) is 0 Å². The molecule has 0 radical (unpaired) electrons. The van der Waals surface area contributed by atoms with Crippen molar-refractivity contribution >= 4 is 43.6 Å². The molecule has 9 aromatic carbocycles. The van der Waals surface area contributed by atoms with Gasteiger partial charge in [-0.2, -0.15) is 0 Å². The van der Waals surface area contributed by atoms with E-state index in [9.17, 15) is 0 Å². The molecular formula is C54H36N2. The number of aromatic nitrogens is 2. The molecule has 0 bridgehead atoms. The van der Waals surface area contributed by atoms with Gasteiger partial charge in [0.15, 0.2) is 0 Å². The molecule has 0 unspecified atom stereocenters. The van der Waals surface area contributed by atoms with E-state index in [0.29, 0.717) is 0 Å². The van der Waals surface area contributed by atoms with Gasteiger partial charge in [0, 0.05) is 32.9 Å². The molecule has 11 aromatic rings. The van der Waals surface area contributed by atoms with Gasteiger partial charge in [0.1, 0.15) is 0 Å². The second-order valence-corrected chi connectivity index (χ2v) is 14.6. The van der Waals surface area contributed by atoms with Crippen molar-refractivity contribution in [1.29, 1.82) is 0 Å². The molecule has 2 heteroatoms. The van der Waals surface area contributed by atoms with E-state index in [0.717, 1.165) is 5.69 Å². The van der Waals surface area contributed by atoms with Gasteiger partial charge in [0.2, 0.25) is 0 Å². The third kappa shape index (κ3) is 5.34. The molecule has 0 aliphatic carbocycles. The van der Waals surface area contributed by atoms with Crippen LogP contribution >= 0.6 is 0 Å². The third-order valence-electron chi connectivity index (χ3n) is 11.3. The first-order chi connectivity index (χ1) is 27.8. The Balaban J connectivity index is 0.936. The van der Waals surface area contributed by atoms with Crippen LogP contribution in [0.15, 0.2) is 218 Å². The van der Waals surface area contributed by atoms with Crippen molar-refractivity contribution in [3.05, 3.63) is 218 Å². The highest BCUT2D eigenvalue weighted by atomic mass is 15.0. The van der Waals surface area contributed by atoms with Crippen molar-refractivity contribution < 1.29 is 0 Å². The van der Waals surface area contributed by atoms with Crippen molar-refractivity contribution in [3.8, 4) is 55.9 Å². The minimum Gasteiger partial charge on any atom is -0.309 e. The van der Waals surface area contributed by atoms with Crippen LogP contribution in [0.3, 0.4) is 0 Å². The number of hydrogen-bond acceptors (Lipinski definition) is 0. The molecular weight excluding hydrogens is 677 g/mol. The first-order valence-electron chi connectivity index (χ1n) is 19.3. The normalized spacial score (nSPS) is 11.6. The highest BCUT2D eigenvalue weighted by Gasteiger charge is 2.16. The number of benzene rings is 9. The minimum absolute atomic E-state index is 1.15. The Labute approximate surface area is 325 Å². The molecule has 0 spiro atoms. The first kappa shape index (κ1) is 32.0. The maximum atomic E-state index is 2.40. The molecule has 56 heavy (non-hydrogen) atoms. The van der Waals surface area contributed by atoms with E-state index in [4.69, 9.17) is 0 Å². The molecule has 0 amide bonds. The number of hydrogen-bond donors (Lipinski definition) is 0. The lowest BCUT2D eigenvalue weighted by Gasteiger charge is -2.11. The number of rotatable bonds is 6. The van der Waals surface area contributed by atoms with E-state index >= 15 is 0 Å². The van der Waals surface area contributed by atoms with Crippen LogP contribution in [-0.4, -0.2) is 9.13 Å². The van der Waals surface area contributed by atoms with Gasteiger partial charge in [-0.3, -0.25) is 0 Å². The third-order valence-corrected chi connectivity index (χ3v) is 11.3. The van der Waals surface area contributed by atoms with Crippen molar-refractivity contribution in [2.24, 2.45) is 0 Å². The molecule has 0 atom stereocenters. The van der Waals surface area contributed by atoms with Crippen molar-refractivity contribution in [2.45, 2.75) is 0 Å². The van der Waals surface area contributed by atoms with Crippen LogP contribution in [0.4, 0.5) is 0 Å². The number of fused-ring (bicyclic) bond motifs is 6. The van der Waals surface area contributed by atoms with E-state index in [-0.39, 0.29) is 0 Å². The van der Waals surface area contributed by atoms with Gasteiger partial charge in [-0.25, -0.2) is 0 Å². The zero-order valence-corrected chi connectivity index (χ0v) is 30.7. The summed E-state index contributed by atoms with van der Waals surface area (Å²) in [7, 11) is 0. The summed E-state index contributed by atoms with van der Waals surface area (Å²) >= 11 is 0. The second-order valence-electron chi connectivity index (χ2n) is 14.6. The molecule has 2 aromatic heterocycles. The highest BCUT2D eigenvalue weighted by molar-refractivity contribution is 6.11. The Kier molecular flexibility index (Phi) is 7.53. The maximum Gasteiger partial charge on any atom is 0.0541 e. The summed E-state index contributed by atoms with van der Waals surface area (Å²) in [6.45, 7) is 0. The predicted octanol–water partition coefficient (Wildman–Crippen LogP) is 14.5. The summed E-state index contributed by atoms with van der Waals surface area (Å²) in [5, 5.41) is 5.03. The summed E-state index contributed by atoms with van der Waals surface area (Å²) in [5.74, 6) is 0. The topological polar surface area (TPSA) is 9.86 Å².